The molecule has 1 atom stereocenters. The highest BCUT2D eigenvalue weighted by Crippen LogP contribution is 2.14. The Morgan fingerprint density at radius 3 is 3.08 bits per heavy atom. The second-order valence-electron chi connectivity index (χ2n) is 3.24. The van der Waals surface area contributed by atoms with Crippen molar-refractivity contribution in [1.29, 1.82) is 0 Å². The van der Waals surface area contributed by atoms with Crippen LogP contribution in [0.25, 0.3) is 0 Å². The van der Waals surface area contributed by atoms with Gasteiger partial charge in [-0.1, -0.05) is 0 Å². The van der Waals surface area contributed by atoms with Crippen molar-refractivity contribution in [3.63, 3.8) is 0 Å². The number of nitrogens with zero attached hydrogens (tertiary/aromatic N) is 3. The fourth-order valence-electron chi connectivity index (χ4n) is 1.63. The van der Waals surface area contributed by atoms with Crippen LogP contribution >= 0.6 is 0 Å². The van der Waals surface area contributed by atoms with Crippen LogP contribution in [0, 0.1) is 5.92 Å². The Bertz CT molecular complexity index is 351. The van der Waals surface area contributed by atoms with E-state index in [-0.39, 0.29) is 5.69 Å². The third-order valence-corrected chi connectivity index (χ3v) is 2.33. The average Bonchev–Trinajstić information content (AvgIpc) is 2.55. The predicted molar refractivity (Wildman–Crippen MR) is 43.7 cm³/mol. The first-order valence-corrected chi connectivity index (χ1v) is 4.05. The largest absolute Gasteiger partial charge is 0.345 e. The molecule has 0 saturated carbocycles. The van der Waals surface area contributed by atoms with Crippen LogP contribution in [0.15, 0.2) is 4.79 Å². The maximum absolute atomic E-state index is 11.3. The molecular weight excluding hydrogens is 156 g/mol. The zero-order valence-corrected chi connectivity index (χ0v) is 7.03. The van der Waals surface area contributed by atoms with Gasteiger partial charge in [0, 0.05) is 20.0 Å². The topological polar surface area (TPSA) is 65.8 Å². The molecule has 5 heteroatoms. The first kappa shape index (κ1) is 7.54. The minimum atomic E-state index is -0.0269. The number of aryl methyl sites for hydroxylation is 1. The molecule has 1 aromatic rings. The van der Waals surface area contributed by atoms with E-state index in [1.807, 2.05) is 0 Å². The third kappa shape index (κ3) is 0.896. The molecule has 0 aromatic carbocycles. The van der Waals surface area contributed by atoms with Gasteiger partial charge in [-0.2, -0.15) is 5.10 Å². The standard InChI is InChI=1S/C7H12N4O/c1-10-7(12)11-4-5(3-8)2-6(11)9-10/h5H,2-4,8H2,1H3. The third-order valence-electron chi connectivity index (χ3n) is 2.33. The highest BCUT2D eigenvalue weighted by molar-refractivity contribution is 4.96. The molecule has 5 nitrogen and oxygen atoms in total. The number of nitrogens with two attached hydrogens (primary N) is 1. The summed E-state index contributed by atoms with van der Waals surface area (Å²) in [5.74, 6) is 1.28. The Kier molecular flexibility index (Phi) is 1.54. The van der Waals surface area contributed by atoms with Gasteiger partial charge in [-0.3, -0.25) is 4.57 Å². The molecule has 0 saturated heterocycles. The first-order chi connectivity index (χ1) is 5.72. The zero-order chi connectivity index (χ0) is 8.72. The van der Waals surface area contributed by atoms with Gasteiger partial charge < -0.3 is 5.73 Å². The molecule has 12 heavy (non-hydrogen) atoms. The van der Waals surface area contributed by atoms with Crippen molar-refractivity contribution in [3.8, 4) is 0 Å². The van der Waals surface area contributed by atoms with Crippen molar-refractivity contribution >= 4 is 0 Å². The Morgan fingerprint density at radius 1 is 1.75 bits per heavy atom. The highest BCUT2D eigenvalue weighted by atomic mass is 16.2. The van der Waals surface area contributed by atoms with Crippen molar-refractivity contribution in [2.45, 2.75) is 13.0 Å². The zero-order valence-electron chi connectivity index (χ0n) is 7.03. The summed E-state index contributed by atoms with van der Waals surface area (Å²) >= 11 is 0. The maximum atomic E-state index is 11.3. The van der Waals surface area contributed by atoms with Gasteiger partial charge in [0.05, 0.1) is 0 Å². The molecular formula is C7H12N4O. The normalized spacial score (nSPS) is 21.3. The summed E-state index contributed by atoms with van der Waals surface area (Å²) in [7, 11) is 1.67. The fourth-order valence-corrected chi connectivity index (χ4v) is 1.63. The van der Waals surface area contributed by atoms with Gasteiger partial charge in [-0.25, -0.2) is 9.48 Å². The van der Waals surface area contributed by atoms with E-state index in [2.05, 4.69) is 5.10 Å². The van der Waals surface area contributed by atoms with Crippen LogP contribution in [0.1, 0.15) is 5.82 Å². The molecule has 2 rings (SSSR count). The van der Waals surface area contributed by atoms with Gasteiger partial charge in [-0.05, 0) is 12.5 Å². The molecule has 66 valence electrons. The number of hydrogen-bond donors (Lipinski definition) is 1. The van der Waals surface area contributed by atoms with Crippen LogP contribution in [0.2, 0.25) is 0 Å². The minimum Gasteiger partial charge on any atom is -0.330 e. The summed E-state index contributed by atoms with van der Waals surface area (Å²) in [5, 5.41) is 4.10. The Hall–Kier alpha value is -1.10. The molecule has 2 heterocycles. The molecule has 2 N–H and O–H groups in total. The second kappa shape index (κ2) is 2.45. The lowest BCUT2D eigenvalue weighted by atomic mass is 10.1. The van der Waals surface area contributed by atoms with Gasteiger partial charge in [-0.15, -0.1) is 0 Å². The molecule has 0 radical (unpaired) electrons. The van der Waals surface area contributed by atoms with E-state index >= 15 is 0 Å². The Labute approximate surface area is 69.8 Å². The molecule has 0 fully saturated rings. The molecule has 0 bridgehead atoms. The highest BCUT2D eigenvalue weighted by Gasteiger charge is 2.24. The molecule has 0 amide bonds. The average molecular weight is 168 g/mol. The summed E-state index contributed by atoms with van der Waals surface area (Å²) < 4.78 is 3.08. The van der Waals surface area contributed by atoms with Crippen LogP contribution < -0.4 is 11.4 Å². The van der Waals surface area contributed by atoms with Crippen molar-refractivity contribution in [1.82, 2.24) is 14.3 Å². The van der Waals surface area contributed by atoms with Crippen molar-refractivity contribution in [3.05, 3.63) is 16.3 Å². The number of rotatable bonds is 1. The van der Waals surface area contributed by atoms with Crippen molar-refractivity contribution < 1.29 is 0 Å². The number of hydrogen-bond acceptors (Lipinski definition) is 3. The summed E-state index contributed by atoms with van der Waals surface area (Å²) in [5.41, 5.74) is 5.48. The van der Waals surface area contributed by atoms with Crippen LogP contribution in [0.3, 0.4) is 0 Å². The smallest absolute Gasteiger partial charge is 0.330 e. The summed E-state index contributed by atoms with van der Waals surface area (Å²) in [6.45, 7) is 1.37. The van der Waals surface area contributed by atoms with Gasteiger partial charge in [0.25, 0.3) is 0 Å². The van der Waals surface area contributed by atoms with E-state index in [4.69, 9.17) is 5.73 Å². The van der Waals surface area contributed by atoms with E-state index in [1.54, 1.807) is 11.6 Å². The lowest BCUT2D eigenvalue weighted by Gasteiger charge is -2.01. The fraction of sp³-hybridized carbons (Fsp3) is 0.714. The van der Waals surface area contributed by atoms with E-state index < -0.39 is 0 Å². The van der Waals surface area contributed by atoms with E-state index in [9.17, 15) is 4.79 Å². The van der Waals surface area contributed by atoms with Crippen molar-refractivity contribution in [2.75, 3.05) is 6.54 Å². The lowest BCUT2D eigenvalue weighted by molar-refractivity contribution is 0.501. The number of aromatic nitrogens is 3. The molecule has 1 aromatic heterocycles. The summed E-state index contributed by atoms with van der Waals surface area (Å²) in [4.78, 5) is 11.3. The van der Waals surface area contributed by atoms with Crippen LogP contribution in [0.5, 0.6) is 0 Å². The summed E-state index contributed by atoms with van der Waals surface area (Å²) in [6, 6.07) is 0. The quantitative estimate of drug-likeness (QED) is 0.567. The first-order valence-electron chi connectivity index (χ1n) is 4.05. The van der Waals surface area contributed by atoms with Crippen LogP contribution in [-0.2, 0) is 20.0 Å². The molecule has 1 unspecified atom stereocenters. The van der Waals surface area contributed by atoms with Gasteiger partial charge >= 0.3 is 5.69 Å². The summed E-state index contributed by atoms with van der Waals surface area (Å²) in [6.07, 6.45) is 0.840. The van der Waals surface area contributed by atoms with Crippen LogP contribution in [0.4, 0.5) is 0 Å². The molecule has 1 aliphatic heterocycles. The maximum Gasteiger partial charge on any atom is 0.345 e. The van der Waals surface area contributed by atoms with Crippen LogP contribution in [-0.4, -0.2) is 20.9 Å². The Balaban J connectivity index is 2.40. The lowest BCUT2D eigenvalue weighted by Crippen LogP contribution is -2.25. The second-order valence-corrected chi connectivity index (χ2v) is 3.24. The Morgan fingerprint density at radius 2 is 2.50 bits per heavy atom. The van der Waals surface area contributed by atoms with Gasteiger partial charge in [0.1, 0.15) is 5.82 Å². The van der Waals surface area contributed by atoms with E-state index in [1.165, 1.54) is 4.68 Å². The minimum absolute atomic E-state index is 0.0269. The van der Waals surface area contributed by atoms with Crippen molar-refractivity contribution in [2.24, 2.45) is 18.7 Å². The molecule has 1 aliphatic rings. The van der Waals surface area contributed by atoms with Gasteiger partial charge in [0.2, 0.25) is 0 Å². The molecule has 0 spiro atoms. The monoisotopic (exact) mass is 168 g/mol. The van der Waals surface area contributed by atoms with E-state index in [0.717, 1.165) is 18.8 Å². The molecule has 0 aliphatic carbocycles. The number of fused-ring (bicyclic) bond motifs is 1. The van der Waals surface area contributed by atoms with E-state index in [0.29, 0.717) is 12.5 Å². The van der Waals surface area contributed by atoms with Gasteiger partial charge in [0.15, 0.2) is 0 Å². The SMILES string of the molecule is Cn1nc2n(c1=O)CC(CN)C2. The predicted octanol–water partition coefficient (Wildman–Crippen LogP) is -1.29.